The Labute approximate surface area is 127 Å². The zero-order valence-electron chi connectivity index (χ0n) is 13.2. The summed E-state index contributed by atoms with van der Waals surface area (Å²) in [6.07, 6.45) is 3.14. The van der Waals surface area contributed by atoms with Crippen LogP contribution in [0.3, 0.4) is 0 Å². The van der Waals surface area contributed by atoms with Crippen molar-refractivity contribution in [3.8, 4) is 5.75 Å². The van der Waals surface area contributed by atoms with Gasteiger partial charge < -0.3 is 15.4 Å². The largest absolute Gasteiger partial charge is 0.484 e. The highest BCUT2D eigenvalue weighted by Crippen LogP contribution is 2.33. The van der Waals surface area contributed by atoms with Crippen molar-refractivity contribution in [2.45, 2.75) is 52.1 Å². The minimum absolute atomic E-state index is 0.0598. The SMILES string of the molecule is CCNC1CCc2cc(OCC(=O)NC(C)CC)ccc21. The Hall–Kier alpha value is -1.55. The van der Waals surface area contributed by atoms with Crippen LogP contribution in [-0.2, 0) is 11.2 Å². The zero-order chi connectivity index (χ0) is 15.2. The summed E-state index contributed by atoms with van der Waals surface area (Å²) in [5.41, 5.74) is 2.70. The van der Waals surface area contributed by atoms with Crippen LogP contribution in [-0.4, -0.2) is 25.1 Å². The molecule has 116 valence electrons. The molecule has 21 heavy (non-hydrogen) atoms. The highest BCUT2D eigenvalue weighted by Gasteiger charge is 2.21. The minimum Gasteiger partial charge on any atom is -0.484 e. The normalized spacial score (nSPS) is 18.1. The minimum atomic E-state index is -0.0598. The van der Waals surface area contributed by atoms with E-state index in [1.807, 2.05) is 19.9 Å². The van der Waals surface area contributed by atoms with Gasteiger partial charge in [0, 0.05) is 12.1 Å². The van der Waals surface area contributed by atoms with E-state index in [1.165, 1.54) is 11.1 Å². The van der Waals surface area contributed by atoms with Gasteiger partial charge in [-0.15, -0.1) is 0 Å². The van der Waals surface area contributed by atoms with Gasteiger partial charge in [-0.2, -0.15) is 0 Å². The van der Waals surface area contributed by atoms with E-state index >= 15 is 0 Å². The number of carbonyl (C=O) groups excluding carboxylic acids is 1. The maximum Gasteiger partial charge on any atom is 0.258 e. The molecule has 4 nitrogen and oxygen atoms in total. The van der Waals surface area contributed by atoms with E-state index < -0.39 is 0 Å². The fourth-order valence-electron chi connectivity index (χ4n) is 2.71. The van der Waals surface area contributed by atoms with Crippen molar-refractivity contribution < 1.29 is 9.53 Å². The molecule has 1 amide bonds. The van der Waals surface area contributed by atoms with Crippen molar-refractivity contribution in [2.75, 3.05) is 13.2 Å². The first-order valence-electron chi connectivity index (χ1n) is 7.92. The van der Waals surface area contributed by atoms with Crippen molar-refractivity contribution in [1.29, 1.82) is 0 Å². The van der Waals surface area contributed by atoms with Gasteiger partial charge in [-0.3, -0.25) is 4.79 Å². The average molecular weight is 290 g/mol. The molecule has 0 saturated heterocycles. The molecule has 2 atom stereocenters. The third kappa shape index (κ3) is 4.21. The van der Waals surface area contributed by atoms with Gasteiger partial charge in [-0.1, -0.05) is 19.9 Å². The monoisotopic (exact) mass is 290 g/mol. The molecule has 2 unspecified atom stereocenters. The number of nitrogens with one attached hydrogen (secondary N) is 2. The van der Waals surface area contributed by atoms with E-state index in [9.17, 15) is 4.79 Å². The number of carbonyl (C=O) groups is 1. The Morgan fingerprint density at radius 2 is 2.24 bits per heavy atom. The highest BCUT2D eigenvalue weighted by atomic mass is 16.5. The van der Waals surface area contributed by atoms with Gasteiger partial charge in [0.05, 0.1) is 0 Å². The van der Waals surface area contributed by atoms with E-state index in [0.29, 0.717) is 6.04 Å². The Balaban J connectivity index is 1.90. The van der Waals surface area contributed by atoms with Gasteiger partial charge in [0.25, 0.3) is 5.91 Å². The number of fused-ring (bicyclic) bond motifs is 1. The molecule has 1 aliphatic rings. The van der Waals surface area contributed by atoms with Crippen molar-refractivity contribution in [3.63, 3.8) is 0 Å². The summed E-state index contributed by atoms with van der Waals surface area (Å²) in [5, 5.41) is 6.40. The van der Waals surface area contributed by atoms with E-state index in [-0.39, 0.29) is 18.6 Å². The second-order valence-electron chi connectivity index (χ2n) is 5.68. The van der Waals surface area contributed by atoms with Gasteiger partial charge in [-0.05, 0) is 56.0 Å². The molecule has 0 saturated carbocycles. The molecule has 1 aromatic rings. The fraction of sp³-hybridized carbons (Fsp3) is 0.588. The summed E-state index contributed by atoms with van der Waals surface area (Å²) in [6, 6.07) is 6.82. The molecule has 0 radical (unpaired) electrons. The maximum atomic E-state index is 11.7. The molecular formula is C17H26N2O2. The van der Waals surface area contributed by atoms with E-state index in [2.05, 4.69) is 29.7 Å². The van der Waals surface area contributed by atoms with Crippen LogP contribution >= 0.6 is 0 Å². The Morgan fingerprint density at radius 1 is 1.43 bits per heavy atom. The van der Waals surface area contributed by atoms with Crippen LogP contribution < -0.4 is 15.4 Å². The van der Waals surface area contributed by atoms with Gasteiger partial charge in [0.1, 0.15) is 5.75 Å². The van der Waals surface area contributed by atoms with Crippen molar-refractivity contribution in [1.82, 2.24) is 10.6 Å². The Bertz CT molecular complexity index is 488. The highest BCUT2D eigenvalue weighted by molar-refractivity contribution is 5.77. The van der Waals surface area contributed by atoms with Crippen LogP contribution in [0.5, 0.6) is 5.75 Å². The van der Waals surface area contributed by atoms with E-state index in [1.54, 1.807) is 0 Å². The first-order valence-corrected chi connectivity index (χ1v) is 7.92. The first kappa shape index (κ1) is 15.8. The molecule has 0 fully saturated rings. The molecule has 0 aromatic heterocycles. The van der Waals surface area contributed by atoms with Crippen molar-refractivity contribution in [2.24, 2.45) is 0 Å². The molecule has 0 aliphatic heterocycles. The molecule has 0 bridgehead atoms. The summed E-state index contributed by atoms with van der Waals surface area (Å²) in [5.74, 6) is 0.723. The van der Waals surface area contributed by atoms with E-state index in [0.717, 1.165) is 31.6 Å². The molecule has 2 rings (SSSR count). The second-order valence-corrected chi connectivity index (χ2v) is 5.68. The van der Waals surface area contributed by atoms with Crippen LogP contribution in [0, 0.1) is 0 Å². The smallest absolute Gasteiger partial charge is 0.258 e. The van der Waals surface area contributed by atoms with Crippen molar-refractivity contribution in [3.05, 3.63) is 29.3 Å². The van der Waals surface area contributed by atoms with Crippen LogP contribution in [0.2, 0.25) is 0 Å². The molecule has 0 spiro atoms. The third-order valence-corrected chi connectivity index (χ3v) is 4.03. The number of hydrogen-bond donors (Lipinski definition) is 2. The van der Waals surface area contributed by atoms with Crippen molar-refractivity contribution >= 4 is 5.91 Å². The lowest BCUT2D eigenvalue weighted by molar-refractivity contribution is -0.123. The predicted octanol–water partition coefficient (Wildman–Crippen LogP) is 2.58. The predicted molar refractivity (Wildman–Crippen MR) is 84.6 cm³/mol. The summed E-state index contributed by atoms with van der Waals surface area (Å²) in [7, 11) is 0. The summed E-state index contributed by atoms with van der Waals surface area (Å²) in [6.45, 7) is 7.24. The summed E-state index contributed by atoms with van der Waals surface area (Å²) < 4.78 is 5.60. The molecule has 2 N–H and O–H groups in total. The average Bonchev–Trinajstić information content (AvgIpc) is 2.88. The lowest BCUT2D eigenvalue weighted by Crippen LogP contribution is -2.35. The summed E-state index contributed by atoms with van der Waals surface area (Å²) >= 11 is 0. The van der Waals surface area contributed by atoms with Gasteiger partial charge in [0.15, 0.2) is 6.61 Å². The number of ether oxygens (including phenoxy) is 1. The number of rotatable bonds is 7. The number of benzene rings is 1. The fourth-order valence-corrected chi connectivity index (χ4v) is 2.71. The number of aryl methyl sites for hydroxylation is 1. The second kappa shape index (κ2) is 7.46. The number of amides is 1. The molecule has 4 heteroatoms. The lowest BCUT2D eigenvalue weighted by atomic mass is 10.1. The molecule has 0 heterocycles. The Morgan fingerprint density at radius 3 is 2.95 bits per heavy atom. The van der Waals surface area contributed by atoms with E-state index in [4.69, 9.17) is 4.74 Å². The van der Waals surface area contributed by atoms with Gasteiger partial charge >= 0.3 is 0 Å². The summed E-state index contributed by atoms with van der Waals surface area (Å²) in [4.78, 5) is 11.7. The quantitative estimate of drug-likeness (QED) is 0.811. The Kier molecular flexibility index (Phi) is 5.62. The maximum absolute atomic E-state index is 11.7. The lowest BCUT2D eigenvalue weighted by Gasteiger charge is -2.14. The number of hydrogen-bond acceptors (Lipinski definition) is 3. The molecule has 1 aliphatic carbocycles. The van der Waals surface area contributed by atoms with Crippen LogP contribution in [0.25, 0.3) is 0 Å². The zero-order valence-corrected chi connectivity index (χ0v) is 13.2. The van der Waals surface area contributed by atoms with Gasteiger partial charge in [0.2, 0.25) is 0 Å². The van der Waals surface area contributed by atoms with Crippen LogP contribution in [0.1, 0.15) is 50.8 Å². The van der Waals surface area contributed by atoms with Crippen LogP contribution in [0.15, 0.2) is 18.2 Å². The first-order chi connectivity index (χ1) is 10.1. The molecular weight excluding hydrogens is 264 g/mol. The third-order valence-electron chi connectivity index (χ3n) is 4.03. The molecule has 1 aromatic carbocycles. The topological polar surface area (TPSA) is 50.4 Å². The van der Waals surface area contributed by atoms with Gasteiger partial charge in [-0.25, -0.2) is 0 Å². The van der Waals surface area contributed by atoms with Crippen LogP contribution in [0.4, 0.5) is 0 Å². The standard InChI is InChI=1S/C17H26N2O2/c1-4-12(3)19-17(20)11-21-14-7-8-15-13(10-14)6-9-16(15)18-5-2/h7-8,10,12,16,18H,4-6,9,11H2,1-3H3,(H,19,20).